The van der Waals surface area contributed by atoms with E-state index in [1.165, 1.54) is 19.3 Å². The molecule has 2 rings (SSSR count). The molecule has 0 aliphatic heterocycles. The lowest BCUT2D eigenvalue weighted by atomic mass is 9.91. The molecule has 0 bridgehead atoms. The van der Waals surface area contributed by atoms with Crippen LogP contribution < -0.4 is 5.73 Å². The molecule has 1 heterocycles. The number of pyridine rings is 1. The summed E-state index contributed by atoms with van der Waals surface area (Å²) in [6.07, 6.45) is 5.30. The number of nitrogens with two attached hydrogens (primary N) is 1. The summed E-state index contributed by atoms with van der Waals surface area (Å²) in [5.41, 5.74) is 7.06. The van der Waals surface area contributed by atoms with Gasteiger partial charge in [-0.1, -0.05) is 12.5 Å². The van der Waals surface area contributed by atoms with Crippen LogP contribution in [0.1, 0.15) is 30.5 Å². The maximum Gasteiger partial charge on any atom is 0.142 e. The third-order valence-electron chi connectivity index (χ3n) is 3.50. The molecular weight excluding hydrogens is 228 g/mol. The molecule has 4 N–H and O–H groups in total. The number of aliphatic hydroxyl groups is 1. The summed E-state index contributed by atoms with van der Waals surface area (Å²) < 4.78 is 0. The van der Waals surface area contributed by atoms with Crippen LogP contribution in [0.2, 0.25) is 0 Å². The Bertz CT molecular complexity index is 417. The normalized spacial score (nSPS) is 15.7. The predicted octanol–water partition coefficient (Wildman–Crippen LogP) is 0.712. The van der Waals surface area contributed by atoms with E-state index in [2.05, 4.69) is 9.88 Å². The van der Waals surface area contributed by atoms with E-state index in [0.29, 0.717) is 24.8 Å². The van der Waals surface area contributed by atoms with E-state index in [1.807, 2.05) is 12.1 Å². The molecule has 0 aromatic carbocycles. The first-order valence-corrected chi connectivity index (χ1v) is 6.35. The number of nitrogen functional groups attached to an aromatic ring is 1. The number of nitrogens with zero attached hydrogens (tertiary/aromatic N) is 2. The Morgan fingerprint density at radius 1 is 1.56 bits per heavy atom. The first-order chi connectivity index (χ1) is 8.72. The molecule has 0 saturated heterocycles. The number of rotatable bonds is 6. The van der Waals surface area contributed by atoms with Crippen molar-refractivity contribution < 1.29 is 5.11 Å². The Morgan fingerprint density at radius 3 is 2.89 bits per heavy atom. The monoisotopic (exact) mass is 248 g/mol. The van der Waals surface area contributed by atoms with Gasteiger partial charge in [-0.15, -0.1) is 0 Å². The minimum atomic E-state index is 0.00292. The molecule has 1 aliphatic carbocycles. The highest BCUT2D eigenvalue weighted by atomic mass is 16.3. The average molecular weight is 248 g/mol. The quantitative estimate of drug-likeness (QED) is 0.511. The van der Waals surface area contributed by atoms with Gasteiger partial charge in [0.05, 0.1) is 6.61 Å². The van der Waals surface area contributed by atoms with Gasteiger partial charge in [0.15, 0.2) is 0 Å². The second-order valence-corrected chi connectivity index (χ2v) is 4.70. The molecule has 5 heteroatoms. The van der Waals surface area contributed by atoms with Crippen molar-refractivity contribution in [1.82, 2.24) is 9.88 Å². The van der Waals surface area contributed by atoms with Crippen molar-refractivity contribution in [1.29, 1.82) is 5.41 Å². The fourth-order valence-electron chi connectivity index (χ4n) is 2.30. The first-order valence-electron chi connectivity index (χ1n) is 6.35. The van der Waals surface area contributed by atoms with Gasteiger partial charge in [0.1, 0.15) is 11.5 Å². The van der Waals surface area contributed by atoms with Gasteiger partial charge in [0.2, 0.25) is 0 Å². The summed E-state index contributed by atoms with van der Waals surface area (Å²) in [5.74, 6) is 0.00292. The Kier molecular flexibility index (Phi) is 4.28. The second-order valence-electron chi connectivity index (χ2n) is 4.70. The zero-order valence-corrected chi connectivity index (χ0v) is 10.5. The lowest BCUT2D eigenvalue weighted by molar-refractivity contribution is 0.0944. The fraction of sp³-hybridized carbons (Fsp3) is 0.538. The SMILES string of the molecule is N=C(N)c1ncccc1CN(CCO)C1CCC1. The van der Waals surface area contributed by atoms with Gasteiger partial charge in [-0.05, 0) is 24.5 Å². The Labute approximate surface area is 107 Å². The van der Waals surface area contributed by atoms with Crippen LogP contribution in [-0.2, 0) is 6.54 Å². The molecular formula is C13H20N4O. The minimum Gasteiger partial charge on any atom is -0.395 e. The summed E-state index contributed by atoms with van der Waals surface area (Å²) in [4.78, 5) is 6.41. The zero-order chi connectivity index (χ0) is 13.0. The molecule has 1 aromatic rings. The standard InChI is InChI=1S/C13H20N4O/c14-13(15)12-10(3-2-6-16-12)9-17(7-8-18)11-4-1-5-11/h2-3,6,11,18H,1,4-5,7-9H2,(H3,14,15). The van der Waals surface area contributed by atoms with Gasteiger partial charge in [0, 0.05) is 25.3 Å². The number of aromatic nitrogens is 1. The van der Waals surface area contributed by atoms with Gasteiger partial charge in [-0.3, -0.25) is 15.3 Å². The van der Waals surface area contributed by atoms with Gasteiger partial charge < -0.3 is 10.8 Å². The van der Waals surface area contributed by atoms with Crippen molar-refractivity contribution in [2.24, 2.45) is 5.73 Å². The van der Waals surface area contributed by atoms with Gasteiger partial charge in [0.25, 0.3) is 0 Å². The summed E-state index contributed by atoms with van der Waals surface area (Å²) in [6, 6.07) is 4.36. The van der Waals surface area contributed by atoms with Gasteiger partial charge in [-0.2, -0.15) is 0 Å². The van der Waals surface area contributed by atoms with Crippen molar-refractivity contribution in [3.05, 3.63) is 29.6 Å². The smallest absolute Gasteiger partial charge is 0.142 e. The molecule has 0 amide bonds. The zero-order valence-electron chi connectivity index (χ0n) is 10.5. The van der Waals surface area contributed by atoms with Crippen molar-refractivity contribution in [2.75, 3.05) is 13.2 Å². The minimum absolute atomic E-state index is 0.00292. The lowest BCUT2D eigenvalue weighted by Crippen LogP contribution is -2.41. The molecule has 0 spiro atoms. The fourth-order valence-corrected chi connectivity index (χ4v) is 2.30. The van der Waals surface area contributed by atoms with Crippen molar-refractivity contribution in [2.45, 2.75) is 31.8 Å². The topological polar surface area (TPSA) is 86.2 Å². The molecule has 0 unspecified atom stereocenters. The second kappa shape index (κ2) is 5.93. The van der Waals surface area contributed by atoms with E-state index in [-0.39, 0.29) is 12.4 Å². The van der Waals surface area contributed by atoms with E-state index in [4.69, 9.17) is 16.2 Å². The maximum absolute atomic E-state index is 9.14. The van der Waals surface area contributed by atoms with Crippen LogP contribution >= 0.6 is 0 Å². The van der Waals surface area contributed by atoms with Crippen molar-refractivity contribution in [3.8, 4) is 0 Å². The molecule has 1 aliphatic rings. The molecule has 1 aromatic heterocycles. The van der Waals surface area contributed by atoms with Crippen LogP contribution in [0.4, 0.5) is 0 Å². The largest absolute Gasteiger partial charge is 0.395 e. The third kappa shape index (κ3) is 2.86. The molecule has 1 fully saturated rings. The Balaban J connectivity index is 2.12. The number of hydrogen-bond donors (Lipinski definition) is 3. The van der Waals surface area contributed by atoms with Crippen LogP contribution in [0, 0.1) is 5.41 Å². The molecule has 5 nitrogen and oxygen atoms in total. The van der Waals surface area contributed by atoms with Crippen molar-refractivity contribution in [3.63, 3.8) is 0 Å². The highest BCUT2D eigenvalue weighted by Crippen LogP contribution is 2.26. The van der Waals surface area contributed by atoms with Crippen LogP contribution in [0.25, 0.3) is 0 Å². The average Bonchev–Trinajstić information content (AvgIpc) is 2.27. The number of hydrogen-bond acceptors (Lipinski definition) is 4. The molecule has 98 valence electrons. The summed E-state index contributed by atoms with van der Waals surface area (Å²) >= 11 is 0. The number of nitrogens with one attached hydrogen (secondary N) is 1. The van der Waals surface area contributed by atoms with E-state index in [0.717, 1.165) is 5.56 Å². The maximum atomic E-state index is 9.14. The van der Waals surface area contributed by atoms with Crippen LogP contribution in [0.15, 0.2) is 18.3 Å². The highest BCUT2D eigenvalue weighted by molar-refractivity contribution is 5.94. The third-order valence-corrected chi connectivity index (χ3v) is 3.50. The van der Waals surface area contributed by atoms with E-state index in [1.54, 1.807) is 6.20 Å². The Hall–Kier alpha value is -1.46. The van der Waals surface area contributed by atoms with Crippen molar-refractivity contribution >= 4 is 5.84 Å². The van der Waals surface area contributed by atoms with E-state index in [9.17, 15) is 0 Å². The predicted molar refractivity (Wildman–Crippen MR) is 70.4 cm³/mol. The first kappa shape index (κ1) is 13.0. The number of amidine groups is 1. The van der Waals surface area contributed by atoms with Gasteiger partial charge >= 0.3 is 0 Å². The molecule has 1 saturated carbocycles. The Morgan fingerprint density at radius 2 is 2.33 bits per heavy atom. The van der Waals surface area contributed by atoms with Crippen LogP contribution in [0.3, 0.4) is 0 Å². The van der Waals surface area contributed by atoms with Crippen LogP contribution in [-0.4, -0.2) is 40.0 Å². The highest BCUT2D eigenvalue weighted by Gasteiger charge is 2.25. The summed E-state index contributed by atoms with van der Waals surface area (Å²) in [5, 5.41) is 16.7. The van der Waals surface area contributed by atoms with Gasteiger partial charge in [-0.25, -0.2) is 0 Å². The van der Waals surface area contributed by atoms with Crippen LogP contribution in [0.5, 0.6) is 0 Å². The summed E-state index contributed by atoms with van der Waals surface area (Å²) in [7, 11) is 0. The summed E-state index contributed by atoms with van der Waals surface area (Å²) in [6.45, 7) is 1.52. The van der Waals surface area contributed by atoms with E-state index >= 15 is 0 Å². The van der Waals surface area contributed by atoms with E-state index < -0.39 is 0 Å². The molecule has 18 heavy (non-hydrogen) atoms. The molecule has 0 radical (unpaired) electrons. The lowest BCUT2D eigenvalue weighted by Gasteiger charge is -2.37. The molecule has 0 atom stereocenters. The number of aliphatic hydroxyl groups excluding tert-OH is 1.